The van der Waals surface area contributed by atoms with Gasteiger partial charge >= 0.3 is 0 Å². The van der Waals surface area contributed by atoms with Gasteiger partial charge in [-0.3, -0.25) is 4.79 Å². The third-order valence-electron chi connectivity index (χ3n) is 0. The summed E-state index contributed by atoms with van der Waals surface area (Å²) < 4.78 is 0. The first-order chi connectivity index (χ1) is 1.41. The smallest absolute Gasteiger partial charge is 0.204 e. The van der Waals surface area contributed by atoms with Crippen LogP contribution in [0.1, 0.15) is 0 Å². The molecule has 0 fully saturated rings. The number of carbonyl (C=O) groups excluding carboxylic acids is 1. The molecule has 3 heteroatoms. The van der Waals surface area contributed by atoms with Gasteiger partial charge in [0.1, 0.15) is 0 Å². The van der Waals surface area contributed by atoms with Crippen molar-refractivity contribution in [1.82, 2.24) is 0 Å². The maximum atomic E-state index is 8.58. The summed E-state index contributed by atoms with van der Waals surface area (Å²) >= 11 is 0. The van der Waals surface area contributed by atoms with Gasteiger partial charge in [0.25, 0.3) is 0 Å². The number of rotatable bonds is 0. The van der Waals surface area contributed by atoms with Gasteiger partial charge in [0.2, 0.25) is 6.41 Å². The maximum Gasteiger partial charge on any atom is 0.204 e. The average Bonchev–Trinajstić information content (AvgIpc) is 0.918. The molecule has 0 saturated heterocycles. The Hall–Kier alpha value is 0.132. The molecule has 0 aliphatic heterocycles. The molecule has 0 heterocycles. The van der Waals surface area contributed by atoms with Crippen molar-refractivity contribution in [2.75, 3.05) is 0 Å². The maximum absolute atomic E-state index is 8.58. The zero-order chi connectivity index (χ0) is 2.71. The second-order valence-corrected chi connectivity index (χ2v) is 0.136. The van der Waals surface area contributed by atoms with E-state index in [0.29, 0.717) is 0 Å². The molecule has 0 atom stereocenters. The van der Waals surface area contributed by atoms with Gasteiger partial charge in [-0.1, -0.05) is 0 Å². The first-order valence-corrected chi connectivity index (χ1v) is 0.569. The Labute approximate surface area is 38.0 Å². The fourth-order valence-corrected chi connectivity index (χ4v) is 0. The Bertz CT molecular complexity index is 15.5. The van der Waals surface area contributed by atoms with Gasteiger partial charge in [-0.05, 0) is 0 Å². The zero-order valence-corrected chi connectivity index (χ0v) is 3.43. The summed E-state index contributed by atoms with van der Waals surface area (Å²) in [5, 5.41) is 0. The van der Waals surface area contributed by atoms with Crippen LogP contribution in [0.5, 0.6) is 0 Å². The first kappa shape index (κ1) is 8.92. The molecule has 2 nitrogen and oxygen atoms in total. The van der Waals surface area contributed by atoms with E-state index in [1.54, 1.807) is 0 Å². The molecule has 0 unspecified atom stereocenters. The van der Waals surface area contributed by atoms with Gasteiger partial charge in [-0.15, -0.1) is 0 Å². The Balaban J connectivity index is 0. The van der Waals surface area contributed by atoms with Gasteiger partial charge in [0.15, 0.2) is 0 Å². The van der Waals surface area contributed by atoms with E-state index in [4.69, 9.17) is 4.79 Å². The Kier molecular flexibility index (Phi) is 24.8. The Morgan fingerprint density at radius 2 is 1.75 bits per heavy atom. The van der Waals surface area contributed by atoms with Crippen molar-refractivity contribution in [2.45, 2.75) is 0 Å². The van der Waals surface area contributed by atoms with Crippen LogP contribution in [0, 0.1) is 0 Å². The van der Waals surface area contributed by atoms with Crippen LogP contribution in [0.25, 0.3) is 0 Å². The Morgan fingerprint density at radius 1 is 1.75 bits per heavy atom. The predicted octanol–water partition coefficient (Wildman–Crippen LogP) is -0.901. The fourth-order valence-electron chi connectivity index (χ4n) is 0. The standard InChI is InChI=1S/CH3NO.Pd/c2-1-3;/h1H,(H2,2,3);. The van der Waals surface area contributed by atoms with Crippen LogP contribution in [-0.4, -0.2) is 6.41 Å². The molecule has 0 bridgehead atoms. The number of primary amides is 1. The van der Waals surface area contributed by atoms with E-state index in [1.807, 2.05) is 0 Å². The average molecular weight is 151 g/mol. The molecule has 0 aliphatic rings. The fraction of sp³-hybridized carbons (Fsp3) is 0. The van der Waals surface area contributed by atoms with Crippen molar-refractivity contribution < 1.29 is 25.2 Å². The van der Waals surface area contributed by atoms with Crippen molar-refractivity contribution in [3.05, 3.63) is 0 Å². The van der Waals surface area contributed by atoms with Crippen LogP contribution in [0.3, 0.4) is 0 Å². The number of hydrogen-bond acceptors (Lipinski definition) is 1. The molecule has 28 valence electrons. The van der Waals surface area contributed by atoms with Crippen LogP contribution < -0.4 is 5.73 Å². The number of hydrogen-bond donors (Lipinski definition) is 1. The monoisotopic (exact) mass is 151 g/mol. The second kappa shape index (κ2) is 11.1. The summed E-state index contributed by atoms with van der Waals surface area (Å²) in [7, 11) is 0. The van der Waals surface area contributed by atoms with Crippen molar-refractivity contribution in [3.63, 3.8) is 0 Å². The third kappa shape index (κ3) is 156. The molecule has 0 aromatic heterocycles. The van der Waals surface area contributed by atoms with Crippen molar-refractivity contribution in [1.29, 1.82) is 0 Å². The number of amides is 1. The molecule has 0 aromatic rings. The van der Waals surface area contributed by atoms with E-state index < -0.39 is 0 Å². The quantitative estimate of drug-likeness (QED) is 0.354. The zero-order valence-electron chi connectivity index (χ0n) is 1.88. The normalized spacial score (nSPS) is 3.00. The third-order valence-corrected chi connectivity index (χ3v) is 0. The van der Waals surface area contributed by atoms with E-state index in [2.05, 4.69) is 5.73 Å². The van der Waals surface area contributed by atoms with Gasteiger partial charge in [0, 0.05) is 20.4 Å². The van der Waals surface area contributed by atoms with Crippen LogP contribution in [0.15, 0.2) is 0 Å². The van der Waals surface area contributed by atoms with Crippen molar-refractivity contribution in [3.8, 4) is 0 Å². The van der Waals surface area contributed by atoms with E-state index in [1.165, 1.54) is 0 Å². The van der Waals surface area contributed by atoms with Crippen molar-refractivity contribution >= 4 is 6.41 Å². The number of carbonyl (C=O) groups is 1. The second-order valence-electron chi connectivity index (χ2n) is 0.136. The van der Waals surface area contributed by atoms with Gasteiger partial charge < -0.3 is 5.73 Å². The molecule has 0 radical (unpaired) electrons. The van der Waals surface area contributed by atoms with E-state index in [0.717, 1.165) is 0 Å². The molecule has 1 amide bonds. The molecule has 2 N–H and O–H groups in total. The summed E-state index contributed by atoms with van der Waals surface area (Å²) in [6.45, 7) is 0. The van der Waals surface area contributed by atoms with E-state index >= 15 is 0 Å². The van der Waals surface area contributed by atoms with Crippen LogP contribution in [-0.2, 0) is 25.2 Å². The molecule has 0 aliphatic carbocycles. The summed E-state index contributed by atoms with van der Waals surface area (Å²) in [6, 6.07) is 0. The van der Waals surface area contributed by atoms with Gasteiger partial charge in [-0.25, -0.2) is 0 Å². The number of nitrogens with two attached hydrogens (primary N) is 1. The molecule has 4 heavy (non-hydrogen) atoms. The first-order valence-electron chi connectivity index (χ1n) is 0.569. The molecular weight excluding hydrogens is 148 g/mol. The predicted molar refractivity (Wildman–Crippen MR) is 10.3 cm³/mol. The molecule has 0 spiro atoms. The Morgan fingerprint density at radius 3 is 1.75 bits per heavy atom. The van der Waals surface area contributed by atoms with E-state index in [9.17, 15) is 0 Å². The molecule has 0 rings (SSSR count). The SMILES string of the molecule is NC=O.[Pd]. The minimum atomic E-state index is 0. The van der Waals surface area contributed by atoms with Gasteiger partial charge in [0.05, 0.1) is 0 Å². The summed E-state index contributed by atoms with van der Waals surface area (Å²) in [4.78, 5) is 8.58. The van der Waals surface area contributed by atoms with Crippen molar-refractivity contribution in [2.24, 2.45) is 5.73 Å². The summed E-state index contributed by atoms with van der Waals surface area (Å²) in [6.07, 6.45) is 0.250. The largest absolute Gasteiger partial charge is 0.372 e. The van der Waals surface area contributed by atoms with Crippen LogP contribution in [0.2, 0.25) is 0 Å². The van der Waals surface area contributed by atoms with E-state index in [-0.39, 0.29) is 26.8 Å². The molecule has 0 aromatic carbocycles. The summed E-state index contributed by atoms with van der Waals surface area (Å²) in [5.41, 5.74) is 4.17. The summed E-state index contributed by atoms with van der Waals surface area (Å²) in [5.74, 6) is 0. The van der Waals surface area contributed by atoms with Gasteiger partial charge in [-0.2, -0.15) is 0 Å². The van der Waals surface area contributed by atoms with Crippen LogP contribution in [0.4, 0.5) is 0 Å². The minimum absolute atomic E-state index is 0. The minimum Gasteiger partial charge on any atom is -0.372 e. The topological polar surface area (TPSA) is 43.1 Å². The van der Waals surface area contributed by atoms with Crippen LogP contribution >= 0.6 is 0 Å². The molecule has 0 saturated carbocycles. The molecular formula is CH3NOPd.